The summed E-state index contributed by atoms with van der Waals surface area (Å²) in [5, 5.41) is 4.36. The third-order valence-electron chi connectivity index (χ3n) is 3.62. The maximum Gasteiger partial charge on any atom is 0.131 e. The van der Waals surface area contributed by atoms with Crippen molar-refractivity contribution in [3.63, 3.8) is 0 Å². The second-order valence-electron chi connectivity index (χ2n) is 4.96. The van der Waals surface area contributed by atoms with Crippen LogP contribution < -0.4 is 5.73 Å². The lowest BCUT2D eigenvalue weighted by Crippen LogP contribution is -2.12. The largest absolute Gasteiger partial charge is 0.324 e. The first-order valence-corrected chi connectivity index (χ1v) is 6.68. The van der Waals surface area contributed by atoms with Crippen LogP contribution in [0, 0.1) is 25.5 Å². The maximum absolute atomic E-state index is 13.7. The Morgan fingerprint density at radius 3 is 2.40 bits per heavy atom. The summed E-state index contributed by atoms with van der Waals surface area (Å²) in [4.78, 5) is 0. The topological polar surface area (TPSA) is 43.8 Å². The van der Waals surface area contributed by atoms with Crippen LogP contribution in [0.3, 0.4) is 0 Å². The van der Waals surface area contributed by atoms with Crippen molar-refractivity contribution in [3.8, 4) is 0 Å². The van der Waals surface area contributed by atoms with E-state index in [2.05, 4.69) is 5.10 Å². The number of nitrogens with zero attached hydrogens (tertiary/aromatic N) is 2. The quantitative estimate of drug-likeness (QED) is 0.933. The summed E-state index contributed by atoms with van der Waals surface area (Å²) in [6, 6.07) is 3.76. The Bertz CT molecular complexity index is 600. The monoisotopic (exact) mass is 279 g/mol. The minimum absolute atomic E-state index is 0.0229. The minimum Gasteiger partial charge on any atom is -0.324 e. The molecule has 0 fully saturated rings. The summed E-state index contributed by atoms with van der Waals surface area (Å²) in [5.74, 6) is -1.11. The number of aryl methyl sites for hydroxylation is 1. The molecule has 0 spiro atoms. The highest BCUT2D eigenvalue weighted by Crippen LogP contribution is 2.23. The number of halogens is 2. The second-order valence-corrected chi connectivity index (χ2v) is 4.96. The van der Waals surface area contributed by atoms with Gasteiger partial charge in [0.1, 0.15) is 11.6 Å². The lowest BCUT2D eigenvalue weighted by Gasteiger charge is -2.11. The van der Waals surface area contributed by atoms with Crippen LogP contribution in [0.15, 0.2) is 18.2 Å². The zero-order valence-electron chi connectivity index (χ0n) is 12.0. The van der Waals surface area contributed by atoms with Crippen LogP contribution in [0.4, 0.5) is 8.78 Å². The number of aromatic nitrogens is 2. The van der Waals surface area contributed by atoms with Crippen molar-refractivity contribution < 1.29 is 8.78 Å². The van der Waals surface area contributed by atoms with Crippen LogP contribution in [-0.2, 0) is 6.54 Å². The summed E-state index contributed by atoms with van der Waals surface area (Å²) in [6.07, 6.45) is 0.793. The first-order valence-electron chi connectivity index (χ1n) is 6.68. The molecule has 0 saturated heterocycles. The Morgan fingerprint density at radius 1 is 1.25 bits per heavy atom. The maximum atomic E-state index is 13.7. The van der Waals surface area contributed by atoms with Crippen molar-refractivity contribution >= 4 is 0 Å². The van der Waals surface area contributed by atoms with Crippen LogP contribution in [-0.4, -0.2) is 9.78 Å². The molecule has 0 bridgehead atoms. The first kappa shape index (κ1) is 14.7. The molecule has 2 aromatic rings. The molecule has 5 heteroatoms. The van der Waals surface area contributed by atoms with Gasteiger partial charge in [-0.1, -0.05) is 13.0 Å². The van der Waals surface area contributed by atoms with Gasteiger partial charge in [0.15, 0.2) is 0 Å². The van der Waals surface area contributed by atoms with Crippen molar-refractivity contribution in [2.75, 3.05) is 0 Å². The van der Waals surface area contributed by atoms with E-state index in [1.807, 2.05) is 20.8 Å². The van der Waals surface area contributed by atoms with E-state index in [1.165, 1.54) is 18.2 Å². The number of rotatable bonds is 4. The third kappa shape index (κ3) is 2.58. The summed E-state index contributed by atoms with van der Waals surface area (Å²) < 4.78 is 29.0. The summed E-state index contributed by atoms with van der Waals surface area (Å²) >= 11 is 0. The summed E-state index contributed by atoms with van der Waals surface area (Å²) in [5.41, 5.74) is 8.72. The molecule has 1 atom stereocenters. The molecule has 0 saturated carbocycles. The van der Waals surface area contributed by atoms with E-state index < -0.39 is 11.6 Å². The van der Waals surface area contributed by atoms with Gasteiger partial charge in [0.2, 0.25) is 0 Å². The fraction of sp³-hybridized carbons (Fsp3) is 0.400. The molecular weight excluding hydrogens is 260 g/mol. The van der Waals surface area contributed by atoms with Crippen LogP contribution in [0.25, 0.3) is 0 Å². The fourth-order valence-corrected chi connectivity index (χ4v) is 2.44. The van der Waals surface area contributed by atoms with E-state index in [0.29, 0.717) is 0 Å². The predicted octanol–water partition coefficient (Wildman–Crippen LogP) is 3.24. The molecule has 0 aliphatic carbocycles. The Hall–Kier alpha value is -1.75. The normalized spacial score (nSPS) is 12.7. The number of benzene rings is 1. The minimum atomic E-state index is -0.557. The van der Waals surface area contributed by atoms with Crippen LogP contribution in [0.5, 0.6) is 0 Å². The molecule has 1 aromatic carbocycles. The van der Waals surface area contributed by atoms with Gasteiger partial charge in [-0.15, -0.1) is 0 Å². The second kappa shape index (κ2) is 5.71. The van der Waals surface area contributed by atoms with E-state index in [1.54, 1.807) is 4.68 Å². The molecule has 0 aliphatic rings. The van der Waals surface area contributed by atoms with E-state index in [4.69, 9.17) is 5.73 Å². The lowest BCUT2D eigenvalue weighted by molar-refractivity contribution is 0.528. The van der Waals surface area contributed by atoms with Gasteiger partial charge in [-0.3, -0.25) is 4.68 Å². The Balaban J connectivity index is 2.40. The SMILES string of the molecule is CCC(N)c1c(C)nn(Cc2c(F)cccc2F)c1C. The van der Waals surface area contributed by atoms with Crippen molar-refractivity contribution in [2.45, 2.75) is 39.8 Å². The van der Waals surface area contributed by atoms with Gasteiger partial charge < -0.3 is 5.73 Å². The number of hydrogen-bond donors (Lipinski definition) is 1. The van der Waals surface area contributed by atoms with Crippen molar-refractivity contribution in [2.24, 2.45) is 5.73 Å². The summed E-state index contributed by atoms with van der Waals surface area (Å²) in [6.45, 7) is 5.81. The van der Waals surface area contributed by atoms with Crippen molar-refractivity contribution in [3.05, 3.63) is 52.3 Å². The standard InChI is InChI=1S/C15H19F2N3/c1-4-14(18)15-9(2)19-20(10(15)3)8-11-12(16)6-5-7-13(11)17/h5-7,14H,4,8,18H2,1-3H3. The molecule has 2 rings (SSSR count). The molecule has 1 unspecified atom stereocenters. The van der Waals surface area contributed by atoms with Gasteiger partial charge in [0.25, 0.3) is 0 Å². The number of hydrogen-bond acceptors (Lipinski definition) is 2. The van der Waals surface area contributed by atoms with Gasteiger partial charge in [0.05, 0.1) is 12.2 Å². The molecule has 20 heavy (non-hydrogen) atoms. The number of nitrogens with two attached hydrogens (primary N) is 1. The third-order valence-corrected chi connectivity index (χ3v) is 3.62. The van der Waals surface area contributed by atoms with Crippen molar-refractivity contribution in [1.82, 2.24) is 9.78 Å². The molecule has 0 radical (unpaired) electrons. The van der Waals surface area contributed by atoms with Crippen LogP contribution >= 0.6 is 0 Å². The first-order chi connectivity index (χ1) is 9.45. The predicted molar refractivity (Wildman–Crippen MR) is 74.4 cm³/mol. The summed E-state index contributed by atoms with van der Waals surface area (Å²) in [7, 11) is 0. The van der Waals surface area contributed by atoms with Gasteiger partial charge in [-0.25, -0.2) is 8.78 Å². The highest BCUT2D eigenvalue weighted by molar-refractivity contribution is 5.29. The van der Waals surface area contributed by atoms with E-state index >= 15 is 0 Å². The van der Waals surface area contributed by atoms with E-state index in [-0.39, 0.29) is 18.2 Å². The molecule has 0 amide bonds. The molecular formula is C15H19F2N3. The van der Waals surface area contributed by atoms with E-state index in [0.717, 1.165) is 23.4 Å². The molecule has 108 valence electrons. The smallest absolute Gasteiger partial charge is 0.131 e. The lowest BCUT2D eigenvalue weighted by atomic mass is 10.0. The van der Waals surface area contributed by atoms with E-state index in [9.17, 15) is 8.78 Å². The van der Waals surface area contributed by atoms with Crippen LogP contribution in [0.1, 0.15) is 41.9 Å². The Morgan fingerprint density at radius 2 is 1.85 bits per heavy atom. The van der Waals surface area contributed by atoms with Gasteiger partial charge in [-0.2, -0.15) is 5.10 Å². The molecule has 0 aliphatic heterocycles. The Kier molecular flexibility index (Phi) is 4.18. The Labute approximate surface area is 117 Å². The molecule has 1 aromatic heterocycles. The zero-order chi connectivity index (χ0) is 14.9. The fourth-order valence-electron chi connectivity index (χ4n) is 2.44. The highest BCUT2D eigenvalue weighted by Gasteiger charge is 2.18. The van der Waals surface area contributed by atoms with Gasteiger partial charge in [0, 0.05) is 22.9 Å². The van der Waals surface area contributed by atoms with Crippen molar-refractivity contribution in [1.29, 1.82) is 0 Å². The van der Waals surface area contributed by atoms with Gasteiger partial charge >= 0.3 is 0 Å². The zero-order valence-corrected chi connectivity index (χ0v) is 12.0. The average Bonchev–Trinajstić information content (AvgIpc) is 2.68. The molecule has 3 nitrogen and oxygen atoms in total. The van der Waals surface area contributed by atoms with Gasteiger partial charge in [-0.05, 0) is 32.4 Å². The molecule has 1 heterocycles. The molecule has 2 N–H and O–H groups in total. The van der Waals surface area contributed by atoms with Crippen LogP contribution in [0.2, 0.25) is 0 Å². The highest BCUT2D eigenvalue weighted by atomic mass is 19.1. The average molecular weight is 279 g/mol.